The Morgan fingerprint density at radius 2 is 1.72 bits per heavy atom. The number of rotatable bonds is 12. The Balaban J connectivity index is 2.25. The number of likely N-dealkylation sites (tertiary alicyclic amines) is 1. The third-order valence-electron chi connectivity index (χ3n) is 6.38. The van der Waals surface area contributed by atoms with E-state index in [0.717, 1.165) is 0 Å². The summed E-state index contributed by atoms with van der Waals surface area (Å²) in [6.07, 6.45) is 0.630. The number of phenolic OH excluding ortho intramolecular Hbond substituents is 1. The van der Waals surface area contributed by atoms with Crippen molar-refractivity contribution in [3.8, 4) is 5.75 Å². The van der Waals surface area contributed by atoms with Gasteiger partial charge >= 0.3 is 11.9 Å². The number of nitrogens with two attached hydrogens (primary N) is 1. The highest BCUT2D eigenvalue weighted by Crippen LogP contribution is 2.21. The van der Waals surface area contributed by atoms with Gasteiger partial charge in [-0.2, -0.15) is 0 Å². The van der Waals surface area contributed by atoms with Gasteiger partial charge in [-0.3, -0.25) is 19.2 Å². The number of carboxylic acid groups (broad SMARTS) is 2. The average Bonchev–Trinajstić information content (AvgIpc) is 3.32. The van der Waals surface area contributed by atoms with Crippen LogP contribution in [0.3, 0.4) is 0 Å². The fourth-order valence-corrected chi connectivity index (χ4v) is 3.99. The minimum absolute atomic E-state index is 0.0371. The Bertz CT molecular complexity index is 967. The van der Waals surface area contributed by atoms with E-state index in [9.17, 15) is 34.2 Å². The Hall–Kier alpha value is -3.67. The normalized spacial score (nSPS) is 18.5. The lowest BCUT2D eigenvalue weighted by Gasteiger charge is -2.30. The molecule has 1 aliphatic rings. The Morgan fingerprint density at radius 3 is 2.28 bits per heavy atom. The molecule has 0 spiro atoms. The number of benzene rings is 1. The van der Waals surface area contributed by atoms with Gasteiger partial charge in [-0.15, -0.1) is 0 Å². The Morgan fingerprint density at radius 1 is 1.08 bits per heavy atom. The molecule has 1 aromatic carbocycles. The second-order valence-electron chi connectivity index (χ2n) is 9.03. The summed E-state index contributed by atoms with van der Waals surface area (Å²) in [6.45, 7) is 3.91. The van der Waals surface area contributed by atoms with E-state index in [1.54, 1.807) is 12.1 Å². The first-order chi connectivity index (χ1) is 16.9. The van der Waals surface area contributed by atoms with E-state index >= 15 is 0 Å². The van der Waals surface area contributed by atoms with Gasteiger partial charge in [-0.1, -0.05) is 32.4 Å². The Kier molecular flexibility index (Phi) is 10.2. The molecule has 12 nitrogen and oxygen atoms in total. The summed E-state index contributed by atoms with van der Waals surface area (Å²) < 4.78 is 0. The highest BCUT2D eigenvalue weighted by molar-refractivity contribution is 5.95. The summed E-state index contributed by atoms with van der Waals surface area (Å²) >= 11 is 0. The Labute approximate surface area is 208 Å². The topological polar surface area (TPSA) is 199 Å². The van der Waals surface area contributed by atoms with Crippen molar-refractivity contribution in [2.45, 2.75) is 70.1 Å². The number of aromatic hydroxyl groups is 1. The third kappa shape index (κ3) is 7.67. The molecule has 1 saturated heterocycles. The lowest BCUT2D eigenvalue weighted by Crippen LogP contribution is -2.58. The summed E-state index contributed by atoms with van der Waals surface area (Å²) in [6, 6.07) is 1.52. The van der Waals surface area contributed by atoms with E-state index in [2.05, 4.69) is 10.6 Å². The second-order valence-corrected chi connectivity index (χ2v) is 9.03. The number of aliphatic carboxylic acids is 2. The average molecular weight is 507 g/mol. The molecule has 1 heterocycles. The van der Waals surface area contributed by atoms with Crippen LogP contribution in [0.2, 0.25) is 0 Å². The van der Waals surface area contributed by atoms with Gasteiger partial charge in [0.05, 0.1) is 12.5 Å². The van der Waals surface area contributed by atoms with Gasteiger partial charge in [-0.05, 0) is 36.5 Å². The molecule has 12 heteroatoms. The zero-order valence-electron chi connectivity index (χ0n) is 20.3. The van der Waals surface area contributed by atoms with E-state index in [0.29, 0.717) is 18.4 Å². The van der Waals surface area contributed by atoms with Crippen LogP contribution >= 0.6 is 0 Å². The van der Waals surface area contributed by atoms with Crippen LogP contribution in [0, 0.1) is 5.92 Å². The van der Waals surface area contributed by atoms with Gasteiger partial charge < -0.3 is 36.6 Å². The van der Waals surface area contributed by atoms with E-state index < -0.39 is 60.2 Å². The second kappa shape index (κ2) is 12.9. The summed E-state index contributed by atoms with van der Waals surface area (Å²) in [5, 5.41) is 32.6. The summed E-state index contributed by atoms with van der Waals surface area (Å²) in [5.74, 6) is -4.84. The van der Waals surface area contributed by atoms with Gasteiger partial charge in [0.15, 0.2) is 0 Å². The van der Waals surface area contributed by atoms with Crippen molar-refractivity contribution in [2.24, 2.45) is 11.7 Å². The predicted molar refractivity (Wildman–Crippen MR) is 128 cm³/mol. The molecule has 36 heavy (non-hydrogen) atoms. The number of hydrogen-bond acceptors (Lipinski definition) is 7. The number of carbonyl (C=O) groups is 5. The highest BCUT2D eigenvalue weighted by atomic mass is 16.4. The minimum Gasteiger partial charge on any atom is -0.508 e. The maximum absolute atomic E-state index is 13.6. The van der Waals surface area contributed by atoms with Crippen molar-refractivity contribution in [1.29, 1.82) is 0 Å². The lowest BCUT2D eigenvalue weighted by atomic mass is 9.98. The van der Waals surface area contributed by atoms with Gasteiger partial charge in [-0.25, -0.2) is 4.79 Å². The van der Waals surface area contributed by atoms with Crippen LogP contribution in [-0.2, 0) is 30.4 Å². The highest BCUT2D eigenvalue weighted by Gasteiger charge is 2.39. The molecule has 0 aliphatic carbocycles. The molecule has 0 saturated carbocycles. The molecule has 1 aromatic rings. The molecular weight excluding hydrogens is 472 g/mol. The van der Waals surface area contributed by atoms with E-state index in [1.165, 1.54) is 17.0 Å². The van der Waals surface area contributed by atoms with Crippen LogP contribution in [0.4, 0.5) is 0 Å². The van der Waals surface area contributed by atoms with Crippen LogP contribution in [0.5, 0.6) is 5.75 Å². The quantitative estimate of drug-likeness (QED) is 0.223. The number of carbonyl (C=O) groups excluding carboxylic acids is 3. The van der Waals surface area contributed by atoms with Crippen LogP contribution < -0.4 is 16.4 Å². The van der Waals surface area contributed by atoms with E-state index in [4.69, 9.17) is 10.8 Å². The fraction of sp³-hybridized carbons (Fsp3) is 0.542. The molecule has 3 amide bonds. The predicted octanol–water partition coefficient (Wildman–Crippen LogP) is -0.172. The molecular formula is C24H34N4O8. The van der Waals surface area contributed by atoms with Crippen molar-refractivity contribution in [2.75, 3.05) is 6.54 Å². The number of phenols is 1. The molecule has 1 fully saturated rings. The lowest BCUT2D eigenvalue weighted by molar-refractivity contribution is -0.148. The van der Waals surface area contributed by atoms with Crippen molar-refractivity contribution >= 4 is 29.7 Å². The molecule has 5 atom stereocenters. The standard InChI is InChI=1S/C24H34N4O8/c1-3-13(2)20(25)22(33)26-16(11-14-6-8-15(29)9-7-14)23(34)28-10-4-5-18(28)21(32)27-17(24(35)36)12-19(30)31/h6-9,13,16-18,20,29H,3-5,10-12,25H2,1-2H3,(H,26,33)(H,27,32)(H,30,31)(H,35,36). The van der Waals surface area contributed by atoms with Crippen molar-refractivity contribution < 1.29 is 39.3 Å². The number of carboxylic acids is 2. The first kappa shape index (κ1) is 28.6. The summed E-state index contributed by atoms with van der Waals surface area (Å²) in [7, 11) is 0. The van der Waals surface area contributed by atoms with Crippen LogP contribution in [0.1, 0.15) is 45.1 Å². The molecule has 0 bridgehead atoms. The van der Waals surface area contributed by atoms with Crippen molar-refractivity contribution in [3.63, 3.8) is 0 Å². The number of hydrogen-bond donors (Lipinski definition) is 6. The molecule has 2 rings (SSSR count). The SMILES string of the molecule is CCC(C)C(N)C(=O)NC(Cc1ccc(O)cc1)C(=O)N1CCCC1C(=O)NC(CC(=O)O)C(=O)O. The smallest absolute Gasteiger partial charge is 0.326 e. The van der Waals surface area contributed by atoms with Crippen molar-refractivity contribution in [1.82, 2.24) is 15.5 Å². The molecule has 7 N–H and O–H groups in total. The van der Waals surface area contributed by atoms with Crippen LogP contribution in [0.25, 0.3) is 0 Å². The largest absolute Gasteiger partial charge is 0.508 e. The number of nitrogens with zero attached hydrogens (tertiary/aromatic N) is 1. The molecule has 0 aromatic heterocycles. The number of amides is 3. The summed E-state index contributed by atoms with van der Waals surface area (Å²) in [5.41, 5.74) is 6.70. The van der Waals surface area contributed by atoms with E-state index in [-0.39, 0.29) is 31.1 Å². The third-order valence-corrected chi connectivity index (χ3v) is 6.38. The minimum atomic E-state index is -1.64. The van der Waals surface area contributed by atoms with Gasteiger partial charge in [0.1, 0.15) is 23.9 Å². The molecule has 5 unspecified atom stereocenters. The van der Waals surface area contributed by atoms with Gasteiger partial charge in [0.25, 0.3) is 0 Å². The van der Waals surface area contributed by atoms with E-state index in [1.807, 2.05) is 13.8 Å². The summed E-state index contributed by atoms with van der Waals surface area (Å²) in [4.78, 5) is 62.8. The van der Waals surface area contributed by atoms with Crippen molar-refractivity contribution in [3.05, 3.63) is 29.8 Å². The number of nitrogens with one attached hydrogen (secondary N) is 2. The molecule has 1 aliphatic heterocycles. The zero-order valence-corrected chi connectivity index (χ0v) is 20.3. The molecule has 198 valence electrons. The van der Waals surface area contributed by atoms with Crippen LogP contribution in [0.15, 0.2) is 24.3 Å². The fourth-order valence-electron chi connectivity index (χ4n) is 3.99. The maximum atomic E-state index is 13.6. The zero-order chi connectivity index (χ0) is 27.0. The first-order valence-corrected chi connectivity index (χ1v) is 11.8. The van der Waals surface area contributed by atoms with Gasteiger partial charge in [0, 0.05) is 13.0 Å². The van der Waals surface area contributed by atoms with Gasteiger partial charge in [0.2, 0.25) is 17.7 Å². The van der Waals surface area contributed by atoms with Crippen LogP contribution in [-0.4, -0.2) is 80.6 Å². The maximum Gasteiger partial charge on any atom is 0.326 e. The molecule has 0 radical (unpaired) electrons. The first-order valence-electron chi connectivity index (χ1n) is 11.8. The monoisotopic (exact) mass is 506 g/mol.